The lowest BCUT2D eigenvalue weighted by molar-refractivity contribution is -0.130. The molecule has 0 bridgehead atoms. The molecule has 202 valence electrons. The lowest BCUT2D eigenvalue weighted by atomic mass is 9.99. The van der Waals surface area contributed by atoms with Crippen LogP contribution in [0.4, 0.5) is 0 Å². The lowest BCUT2D eigenvalue weighted by Gasteiger charge is -2.15. The van der Waals surface area contributed by atoms with E-state index in [1.807, 2.05) is 62.4 Å². The van der Waals surface area contributed by atoms with Crippen molar-refractivity contribution < 1.29 is 23.8 Å². The monoisotopic (exact) mass is 532 g/mol. The highest BCUT2D eigenvalue weighted by molar-refractivity contribution is 5.89. The Balaban J connectivity index is 1.39. The van der Waals surface area contributed by atoms with E-state index in [0.29, 0.717) is 29.3 Å². The van der Waals surface area contributed by atoms with Crippen molar-refractivity contribution in [3.63, 3.8) is 0 Å². The smallest absolute Gasteiger partial charge is 0.338 e. The second kappa shape index (κ2) is 12.3. The molecular weight excluding hydrogens is 500 g/mol. The normalized spacial score (nSPS) is 10.5. The summed E-state index contributed by atoms with van der Waals surface area (Å²) in [6, 6.07) is 27.2. The quantitative estimate of drug-likeness (QED) is 0.124. The Morgan fingerprint density at radius 2 is 0.975 bits per heavy atom. The van der Waals surface area contributed by atoms with Gasteiger partial charge in [0.05, 0.1) is 0 Å². The molecule has 0 aromatic heterocycles. The van der Waals surface area contributed by atoms with Crippen molar-refractivity contribution in [2.45, 2.75) is 34.3 Å². The molecule has 5 nitrogen and oxygen atoms in total. The molecular formula is C35H32O5. The third kappa shape index (κ3) is 6.94. The standard InChI is InChI=1S/C35H32O5/c1-22(2)34(36)39-31-15-11-28(12-16-31)27-9-7-26(8-10-27)21-38-33-24(5)19-30(20-25(33)6)29-13-17-32(18-14-29)40-35(37)23(3)4/h7-20H,1,3,21H2,2,4-6H3. The van der Waals surface area contributed by atoms with Gasteiger partial charge in [0.15, 0.2) is 0 Å². The van der Waals surface area contributed by atoms with E-state index in [-0.39, 0.29) is 0 Å². The summed E-state index contributed by atoms with van der Waals surface area (Å²) in [5.74, 6) is 0.958. The third-order valence-electron chi connectivity index (χ3n) is 6.29. The van der Waals surface area contributed by atoms with Gasteiger partial charge in [0.2, 0.25) is 0 Å². The van der Waals surface area contributed by atoms with Crippen molar-refractivity contribution in [2.75, 3.05) is 0 Å². The molecule has 40 heavy (non-hydrogen) atoms. The van der Waals surface area contributed by atoms with E-state index >= 15 is 0 Å². The highest BCUT2D eigenvalue weighted by Gasteiger charge is 2.11. The number of hydrogen-bond acceptors (Lipinski definition) is 5. The molecule has 0 aliphatic heterocycles. The van der Waals surface area contributed by atoms with Gasteiger partial charge in [-0.25, -0.2) is 9.59 Å². The predicted octanol–water partition coefficient (Wildman–Crippen LogP) is 8.18. The summed E-state index contributed by atoms with van der Waals surface area (Å²) in [6.07, 6.45) is 0. The molecule has 0 amide bonds. The fraction of sp³-hybridized carbons (Fsp3) is 0.143. The van der Waals surface area contributed by atoms with Crippen LogP contribution in [0.2, 0.25) is 0 Å². The van der Waals surface area contributed by atoms with Crippen LogP contribution >= 0.6 is 0 Å². The summed E-state index contributed by atoms with van der Waals surface area (Å²) >= 11 is 0. The van der Waals surface area contributed by atoms with Crippen LogP contribution in [0.1, 0.15) is 30.5 Å². The number of hydrogen-bond donors (Lipinski definition) is 0. The number of esters is 2. The Kier molecular flexibility index (Phi) is 8.65. The molecule has 0 spiro atoms. The maximum Gasteiger partial charge on any atom is 0.338 e. The Bertz CT molecular complexity index is 1540. The van der Waals surface area contributed by atoms with Crippen molar-refractivity contribution in [1.29, 1.82) is 0 Å². The van der Waals surface area contributed by atoms with Crippen LogP contribution in [-0.2, 0) is 16.2 Å². The summed E-state index contributed by atoms with van der Waals surface area (Å²) in [4.78, 5) is 23.4. The molecule has 0 aliphatic carbocycles. The molecule has 4 aromatic carbocycles. The van der Waals surface area contributed by atoms with Gasteiger partial charge in [-0.3, -0.25) is 0 Å². The Hall–Kier alpha value is -4.90. The number of carbonyl (C=O) groups excluding carboxylic acids is 2. The number of benzene rings is 4. The van der Waals surface area contributed by atoms with Crippen molar-refractivity contribution in [2.24, 2.45) is 0 Å². The molecule has 0 fully saturated rings. The minimum absolute atomic E-state index is 0.358. The molecule has 5 heteroatoms. The third-order valence-corrected chi connectivity index (χ3v) is 6.29. The van der Waals surface area contributed by atoms with Gasteiger partial charge in [-0.15, -0.1) is 0 Å². The van der Waals surface area contributed by atoms with E-state index in [0.717, 1.165) is 44.7 Å². The van der Waals surface area contributed by atoms with E-state index in [9.17, 15) is 9.59 Å². The van der Waals surface area contributed by atoms with Gasteiger partial charge in [-0.1, -0.05) is 61.7 Å². The molecule has 0 N–H and O–H groups in total. The Morgan fingerprint density at radius 3 is 1.38 bits per heavy atom. The maximum absolute atomic E-state index is 11.7. The van der Waals surface area contributed by atoms with Gasteiger partial charge < -0.3 is 14.2 Å². The summed E-state index contributed by atoms with van der Waals surface area (Å²) < 4.78 is 16.8. The first kappa shape index (κ1) is 28.1. The number of aryl methyl sites for hydroxylation is 2. The molecule has 0 saturated carbocycles. The van der Waals surface area contributed by atoms with Crippen LogP contribution < -0.4 is 14.2 Å². The first-order chi connectivity index (χ1) is 19.1. The van der Waals surface area contributed by atoms with Crippen LogP contribution in [0.25, 0.3) is 22.3 Å². The molecule has 4 rings (SSSR count). The van der Waals surface area contributed by atoms with Crippen molar-refractivity contribution in [3.05, 3.63) is 126 Å². The van der Waals surface area contributed by atoms with Gasteiger partial charge in [0.1, 0.15) is 23.9 Å². The molecule has 0 unspecified atom stereocenters. The Morgan fingerprint density at radius 1 is 0.600 bits per heavy atom. The number of carbonyl (C=O) groups is 2. The molecule has 0 atom stereocenters. The molecule has 0 aliphatic rings. The van der Waals surface area contributed by atoms with Crippen LogP contribution in [-0.4, -0.2) is 11.9 Å². The fourth-order valence-electron chi connectivity index (χ4n) is 4.11. The second-order valence-corrected chi connectivity index (χ2v) is 9.81. The fourth-order valence-corrected chi connectivity index (χ4v) is 4.11. The van der Waals surface area contributed by atoms with Crippen molar-refractivity contribution in [1.82, 2.24) is 0 Å². The van der Waals surface area contributed by atoms with E-state index < -0.39 is 11.9 Å². The number of rotatable bonds is 9. The second-order valence-electron chi connectivity index (χ2n) is 9.81. The SMILES string of the molecule is C=C(C)C(=O)Oc1ccc(-c2ccc(COc3c(C)cc(-c4ccc(OC(=O)C(=C)C)cc4)cc3C)cc2)cc1. The Labute approximate surface area is 235 Å². The highest BCUT2D eigenvalue weighted by atomic mass is 16.5. The average molecular weight is 533 g/mol. The van der Waals surface area contributed by atoms with Crippen molar-refractivity contribution in [3.8, 4) is 39.5 Å². The molecule has 0 saturated heterocycles. The topological polar surface area (TPSA) is 61.8 Å². The van der Waals surface area contributed by atoms with E-state index in [1.165, 1.54) is 0 Å². The summed E-state index contributed by atoms with van der Waals surface area (Å²) in [5, 5.41) is 0. The zero-order valence-electron chi connectivity index (χ0n) is 23.2. The highest BCUT2D eigenvalue weighted by Crippen LogP contribution is 2.32. The van der Waals surface area contributed by atoms with E-state index in [1.54, 1.807) is 38.1 Å². The van der Waals surface area contributed by atoms with Crippen molar-refractivity contribution >= 4 is 11.9 Å². The zero-order chi connectivity index (χ0) is 28.8. The van der Waals surface area contributed by atoms with E-state index in [2.05, 4.69) is 25.3 Å². The minimum atomic E-state index is -0.437. The van der Waals surface area contributed by atoms with Crippen LogP contribution in [0.15, 0.2) is 109 Å². The van der Waals surface area contributed by atoms with Gasteiger partial charge in [-0.05, 0) is 103 Å². The van der Waals surface area contributed by atoms with Gasteiger partial charge >= 0.3 is 11.9 Å². The predicted molar refractivity (Wildman–Crippen MR) is 158 cm³/mol. The summed E-state index contributed by atoms with van der Waals surface area (Å²) in [5.41, 5.74) is 8.00. The molecule has 4 aromatic rings. The van der Waals surface area contributed by atoms with Gasteiger partial charge in [-0.2, -0.15) is 0 Å². The zero-order valence-corrected chi connectivity index (χ0v) is 23.2. The largest absolute Gasteiger partial charge is 0.488 e. The first-order valence-corrected chi connectivity index (χ1v) is 12.9. The minimum Gasteiger partial charge on any atom is -0.488 e. The average Bonchev–Trinajstić information content (AvgIpc) is 2.93. The lowest BCUT2D eigenvalue weighted by Crippen LogP contribution is -2.07. The summed E-state index contributed by atoms with van der Waals surface area (Å²) in [7, 11) is 0. The molecule has 0 heterocycles. The van der Waals surface area contributed by atoms with Crippen LogP contribution in [0, 0.1) is 13.8 Å². The van der Waals surface area contributed by atoms with E-state index in [4.69, 9.17) is 14.2 Å². The number of ether oxygens (including phenoxy) is 3. The van der Waals surface area contributed by atoms with Crippen LogP contribution in [0.3, 0.4) is 0 Å². The maximum atomic E-state index is 11.7. The van der Waals surface area contributed by atoms with Gasteiger partial charge in [0, 0.05) is 11.1 Å². The summed E-state index contributed by atoms with van der Waals surface area (Å²) in [6.45, 7) is 15.0. The molecule has 0 radical (unpaired) electrons. The first-order valence-electron chi connectivity index (χ1n) is 12.9. The van der Waals surface area contributed by atoms with Gasteiger partial charge in [0.25, 0.3) is 0 Å². The van der Waals surface area contributed by atoms with Crippen LogP contribution in [0.5, 0.6) is 17.2 Å².